The van der Waals surface area contributed by atoms with Crippen LogP contribution in [0.15, 0.2) is 0 Å². The minimum Gasteiger partial charge on any atom is -0.484 e. The van der Waals surface area contributed by atoms with Crippen molar-refractivity contribution in [3.63, 3.8) is 0 Å². The van der Waals surface area contributed by atoms with Gasteiger partial charge in [0, 0.05) is 20.2 Å². The van der Waals surface area contributed by atoms with Crippen LogP contribution in [-0.4, -0.2) is 36.8 Å². The van der Waals surface area contributed by atoms with Crippen molar-refractivity contribution < 1.29 is 9.47 Å². The molecule has 2 rings (SSSR count). The molecule has 1 saturated heterocycles. The molecule has 0 amide bonds. The van der Waals surface area contributed by atoms with Crippen molar-refractivity contribution in [1.82, 2.24) is 4.37 Å². The van der Waals surface area contributed by atoms with Gasteiger partial charge in [0.15, 0.2) is 16.6 Å². The number of nitrogens with zero attached hydrogens (tertiary/aromatic N) is 2. The maximum absolute atomic E-state index is 5.88. The SMILES string of the molecule is CC(C)Oc1c(N)nsc1N(C)CC1CCCCO1. The molecule has 0 saturated carbocycles. The monoisotopic (exact) mass is 285 g/mol. The minimum absolute atomic E-state index is 0.0942. The Morgan fingerprint density at radius 1 is 1.53 bits per heavy atom. The van der Waals surface area contributed by atoms with E-state index in [4.69, 9.17) is 15.2 Å². The van der Waals surface area contributed by atoms with E-state index in [2.05, 4.69) is 9.27 Å². The number of anilines is 2. The van der Waals surface area contributed by atoms with Crippen LogP contribution in [0.2, 0.25) is 0 Å². The zero-order chi connectivity index (χ0) is 13.8. The summed E-state index contributed by atoms with van der Waals surface area (Å²) in [6, 6.07) is 0. The quantitative estimate of drug-likeness (QED) is 0.900. The van der Waals surface area contributed by atoms with Crippen molar-refractivity contribution in [3.05, 3.63) is 0 Å². The molecule has 1 fully saturated rings. The lowest BCUT2D eigenvalue weighted by molar-refractivity contribution is 0.0216. The molecular formula is C13H23N3O2S. The van der Waals surface area contributed by atoms with Crippen molar-refractivity contribution >= 4 is 22.4 Å². The second-order valence-corrected chi connectivity index (χ2v) is 5.99. The molecule has 5 nitrogen and oxygen atoms in total. The Bertz CT molecular complexity index is 403. The lowest BCUT2D eigenvalue weighted by atomic mass is 10.1. The third-order valence-corrected chi connectivity index (χ3v) is 4.07. The van der Waals surface area contributed by atoms with Gasteiger partial charge in [-0.3, -0.25) is 0 Å². The van der Waals surface area contributed by atoms with Crippen molar-refractivity contribution in [3.8, 4) is 5.75 Å². The van der Waals surface area contributed by atoms with Gasteiger partial charge in [-0.1, -0.05) is 0 Å². The third kappa shape index (κ3) is 3.73. The summed E-state index contributed by atoms with van der Waals surface area (Å²) in [5.74, 6) is 1.18. The lowest BCUT2D eigenvalue weighted by Crippen LogP contribution is -2.33. The van der Waals surface area contributed by atoms with Gasteiger partial charge in [-0.05, 0) is 44.6 Å². The van der Waals surface area contributed by atoms with Gasteiger partial charge >= 0.3 is 0 Å². The van der Waals surface area contributed by atoms with Crippen molar-refractivity contribution in [1.29, 1.82) is 0 Å². The van der Waals surface area contributed by atoms with Crippen molar-refractivity contribution in [2.24, 2.45) is 0 Å². The molecule has 0 aliphatic carbocycles. The summed E-state index contributed by atoms with van der Waals surface area (Å²) < 4.78 is 15.7. The maximum atomic E-state index is 5.88. The smallest absolute Gasteiger partial charge is 0.198 e. The van der Waals surface area contributed by atoms with Gasteiger partial charge < -0.3 is 20.1 Å². The van der Waals surface area contributed by atoms with Crippen molar-refractivity contribution in [2.45, 2.75) is 45.3 Å². The van der Waals surface area contributed by atoms with E-state index in [0.29, 0.717) is 17.7 Å². The molecule has 19 heavy (non-hydrogen) atoms. The molecule has 1 aromatic rings. The van der Waals surface area contributed by atoms with Crippen LogP contribution in [0.3, 0.4) is 0 Å². The average molecular weight is 285 g/mol. The summed E-state index contributed by atoms with van der Waals surface area (Å²) in [6.45, 7) is 5.71. The van der Waals surface area contributed by atoms with Gasteiger partial charge in [-0.25, -0.2) is 0 Å². The summed E-state index contributed by atoms with van der Waals surface area (Å²) in [4.78, 5) is 2.14. The highest BCUT2D eigenvalue weighted by Gasteiger charge is 2.22. The van der Waals surface area contributed by atoms with E-state index in [-0.39, 0.29) is 6.10 Å². The predicted octanol–water partition coefficient (Wildman–Crippen LogP) is 2.52. The molecule has 1 aliphatic heterocycles. The van der Waals surface area contributed by atoms with Gasteiger partial charge in [-0.15, -0.1) is 0 Å². The van der Waals surface area contributed by atoms with Crippen LogP contribution in [0.4, 0.5) is 10.8 Å². The van der Waals surface area contributed by atoms with E-state index < -0.39 is 0 Å². The summed E-state index contributed by atoms with van der Waals surface area (Å²) >= 11 is 1.39. The number of aromatic nitrogens is 1. The van der Waals surface area contributed by atoms with Gasteiger partial charge in [0.25, 0.3) is 0 Å². The Morgan fingerprint density at radius 2 is 2.32 bits per heavy atom. The maximum Gasteiger partial charge on any atom is 0.198 e. The van der Waals surface area contributed by atoms with E-state index in [1.165, 1.54) is 24.4 Å². The summed E-state index contributed by atoms with van der Waals surface area (Å²) in [6.07, 6.45) is 3.94. The van der Waals surface area contributed by atoms with E-state index in [1.807, 2.05) is 20.9 Å². The summed E-state index contributed by atoms with van der Waals surface area (Å²) in [7, 11) is 2.04. The van der Waals surface area contributed by atoms with E-state index in [0.717, 1.165) is 24.6 Å². The Kier molecular flexibility index (Phi) is 4.87. The first kappa shape index (κ1) is 14.4. The molecule has 6 heteroatoms. The normalized spacial score (nSPS) is 19.7. The van der Waals surface area contributed by atoms with E-state index in [1.54, 1.807) is 0 Å². The van der Waals surface area contributed by atoms with Crippen molar-refractivity contribution in [2.75, 3.05) is 30.8 Å². The Labute approximate surface area is 118 Å². The van der Waals surface area contributed by atoms with E-state index in [9.17, 15) is 0 Å². The summed E-state index contributed by atoms with van der Waals surface area (Å²) in [5.41, 5.74) is 5.88. The first-order chi connectivity index (χ1) is 9.08. The Balaban J connectivity index is 2.03. The first-order valence-corrected chi connectivity index (χ1v) is 7.59. The lowest BCUT2D eigenvalue weighted by Gasteiger charge is -2.28. The minimum atomic E-state index is 0.0942. The largest absolute Gasteiger partial charge is 0.484 e. The predicted molar refractivity (Wildman–Crippen MR) is 79.2 cm³/mol. The molecule has 0 aromatic carbocycles. The van der Waals surface area contributed by atoms with Gasteiger partial charge in [0.1, 0.15) is 0 Å². The molecule has 2 heterocycles. The molecule has 0 radical (unpaired) electrons. The molecular weight excluding hydrogens is 262 g/mol. The van der Waals surface area contributed by atoms with Gasteiger partial charge in [-0.2, -0.15) is 4.37 Å². The molecule has 108 valence electrons. The number of nitrogens with two attached hydrogens (primary N) is 1. The Hall–Kier alpha value is -1.01. The number of hydrogen-bond acceptors (Lipinski definition) is 6. The van der Waals surface area contributed by atoms with Crippen LogP contribution in [0, 0.1) is 0 Å². The number of ether oxygens (including phenoxy) is 2. The molecule has 1 atom stereocenters. The highest BCUT2D eigenvalue weighted by Crippen LogP contribution is 2.38. The Morgan fingerprint density at radius 3 is 2.95 bits per heavy atom. The van der Waals surface area contributed by atoms with Crippen LogP contribution in [0.5, 0.6) is 5.75 Å². The third-order valence-electron chi connectivity index (χ3n) is 3.11. The van der Waals surface area contributed by atoms with Crippen LogP contribution in [-0.2, 0) is 4.74 Å². The zero-order valence-electron chi connectivity index (χ0n) is 11.9. The topological polar surface area (TPSA) is 60.6 Å². The van der Waals surface area contributed by atoms with Gasteiger partial charge in [0.2, 0.25) is 0 Å². The van der Waals surface area contributed by atoms with Gasteiger partial charge in [0.05, 0.1) is 12.2 Å². The number of hydrogen-bond donors (Lipinski definition) is 1. The highest BCUT2D eigenvalue weighted by molar-refractivity contribution is 7.11. The first-order valence-electron chi connectivity index (χ1n) is 6.82. The number of rotatable bonds is 5. The fourth-order valence-corrected chi connectivity index (χ4v) is 2.93. The van der Waals surface area contributed by atoms with Crippen LogP contribution in [0.1, 0.15) is 33.1 Å². The fraction of sp³-hybridized carbons (Fsp3) is 0.769. The molecule has 0 bridgehead atoms. The van der Waals surface area contributed by atoms with E-state index >= 15 is 0 Å². The fourth-order valence-electron chi connectivity index (χ4n) is 2.21. The standard InChI is InChI=1S/C13H23N3O2S/c1-9(2)18-11-12(14)15-19-13(11)16(3)8-10-6-4-5-7-17-10/h9-10H,4-8H2,1-3H3,(H2,14,15). The molecule has 1 unspecified atom stereocenters. The van der Waals surface area contributed by atoms with Crippen LogP contribution in [0.25, 0.3) is 0 Å². The average Bonchev–Trinajstić information content (AvgIpc) is 2.72. The molecule has 2 N–H and O–H groups in total. The van der Waals surface area contributed by atoms with Crippen LogP contribution >= 0.6 is 11.5 Å². The second-order valence-electron chi connectivity index (χ2n) is 5.24. The number of likely N-dealkylation sites (N-methyl/N-ethyl adjacent to an activating group) is 1. The van der Waals surface area contributed by atoms with Crippen LogP contribution < -0.4 is 15.4 Å². The second kappa shape index (κ2) is 6.43. The molecule has 1 aliphatic rings. The zero-order valence-corrected chi connectivity index (χ0v) is 12.7. The summed E-state index contributed by atoms with van der Waals surface area (Å²) in [5, 5.41) is 0.986. The highest BCUT2D eigenvalue weighted by atomic mass is 32.1. The molecule has 1 aromatic heterocycles. The number of nitrogen functional groups attached to an aromatic ring is 1. The molecule has 0 spiro atoms.